The molecule has 0 fully saturated rings. The van der Waals surface area contributed by atoms with Crippen molar-refractivity contribution >= 4 is 29.8 Å². The van der Waals surface area contributed by atoms with Crippen molar-refractivity contribution in [2.75, 3.05) is 19.8 Å². The number of unbranched alkanes of at least 4 members (excludes halogenated alkanes) is 5. The number of carbonyl (C=O) groups is 5. The number of aliphatic carboxylic acids is 1. The second kappa shape index (κ2) is 45.2. The van der Waals surface area contributed by atoms with Crippen molar-refractivity contribution in [3.05, 3.63) is 62.3 Å². The normalized spacial score (nSPS) is 8.75. The summed E-state index contributed by atoms with van der Waals surface area (Å²) < 4.78 is 19.0. The van der Waals surface area contributed by atoms with Crippen LogP contribution >= 0.6 is 0 Å². The van der Waals surface area contributed by atoms with E-state index in [1.54, 1.807) is 27.7 Å². The lowest BCUT2D eigenvalue weighted by atomic mass is 10.2. The van der Waals surface area contributed by atoms with E-state index in [2.05, 4.69) is 72.3 Å². The number of hydrogen-bond donors (Lipinski definition) is 1. The summed E-state index contributed by atoms with van der Waals surface area (Å²) in [5, 5.41) is 7.60. The van der Waals surface area contributed by atoms with Crippen LogP contribution in [0.5, 0.6) is 0 Å². The van der Waals surface area contributed by atoms with Crippen molar-refractivity contribution < 1.29 is 48.0 Å². The van der Waals surface area contributed by atoms with E-state index < -0.39 is 5.97 Å². The average molecular weight is 685 g/mol. The van der Waals surface area contributed by atoms with Crippen molar-refractivity contribution in [3.8, 4) is 0 Å². The van der Waals surface area contributed by atoms with Gasteiger partial charge in [0.25, 0.3) is 0 Å². The summed E-state index contributed by atoms with van der Waals surface area (Å²) in [6.07, 6.45) is 11.6. The van der Waals surface area contributed by atoms with Crippen LogP contribution in [0, 0.1) is 5.92 Å². The highest BCUT2D eigenvalue weighted by Gasteiger charge is 2.04. The summed E-state index contributed by atoms with van der Waals surface area (Å²) in [5.41, 5.74) is 0.916. The Morgan fingerprint density at radius 1 is 0.583 bits per heavy atom. The van der Waals surface area contributed by atoms with Crippen LogP contribution in [0.15, 0.2) is 62.3 Å². The number of carbonyl (C=O) groups excluding carboxylic acids is 4. The first-order valence-corrected chi connectivity index (χ1v) is 16.5. The second-order valence-electron chi connectivity index (χ2n) is 10.9. The van der Waals surface area contributed by atoms with E-state index in [4.69, 9.17) is 19.3 Å². The van der Waals surface area contributed by atoms with E-state index in [1.807, 2.05) is 6.92 Å². The number of carboxylic acid groups (broad SMARTS) is 1. The minimum atomic E-state index is -0.981. The van der Waals surface area contributed by atoms with Gasteiger partial charge in [-0.25, -0.2) is 24.0 Å². The van der Waals surface area contributed by atoms with Crippen molar-refractivity contribution in [1.82, 2.24) is 0 Å². The van der Waals surface area contributed by atoms with Crippen LogP contribution in [0.25, 0.3) is 0 Å². The molecule has 0 atom stereocenters. The molecule has 10 nitrogen and oxygen atoms in total. The van der Waals surface area contributed by atoms with E-state index in [0.717, 1.165) is 50.5 Å². The molecular weight excluding hydrogens is 616 g/mol. The third-order valence-electron chi connectivity index (χ3n) is 4.26. The number of carboxylic acids is 1. The molecule has 1 N–H and O–H groups in total. The summed E-state index contributed by atoms with van der Waals surface area (Å²) in [5.74, 6) is -1.40. The topological polar surface area (TPSA) is 143 Å². The predicted molar refractivity (Wildman–Crippen MR) is 196 cm³/mol. The fourth-order valence-electron chi connectivity index (χ4n) is 1.88. The van der Waals surface area contributed by atoms with Crippen LogP contribution in [0.2, 0.25) is 0 Å². The third-order valence-corrected chi connectivity index (χ3v) is 4.26. The molecule has 0 aromatic carbocycles. The summed E-state index contributed by atoms with van der Waals surface area (Å²) >= 11 is 0. The smallest absolute Gasteiger partial charge is 0.333 e. The Morgan fingerprint density at radius 2 is 0.917 bits per heavy atom. The lowest BCUT2D eigenvalue weighted by Crippen LogP contribution is -2.11. The fraction of sp³-hybridized carbons (Fsp3) is 0.605. The zero-order valence-corrected chi connectivity index (χ0v) is 31.8. The Kier molecular flexibility index (Phi) is 53.1. The van der Waals surface area contributed by atoms with Crippen LogP contribution in [0.4, 0.5) is 0 Å². The number of esters is 4. The molecule has 0 aliphatic carbocycles. The minimum absolute atomic E-state index is 0.0470. The van der Waals surface area contributed by atoms with Crippen molar-refractivity contribution in [3.63, 3.8) is 0 Å². The molecule has 0 aromatic rings. The molecule has 0 unspecified atom stereocenters. The van der Waals surface area contributed by atoms with Crippen LogP contribution in [0.3, 0.4) is 0 Å². The zero-order chi connectivity index (χ0) is 38.9. The van der Waals surface area contributed by atoms with Gasteiger partial charge in [0.05, 0.1) is 25.9 Å². The maximum atomic E-state index is 10.7. The van der Waals surface area contributed by atoms with E-state index >= 15 is 0 Å². The maximum Gasteiger partial charge on any atom is 0.333 e. The zero-order valence-electron chi connectivity index (χ0n) is 31.8. The molecule has 0 saturated carbocycles. The molecule has 280 valence electrons. The van der Waals surface area contributed by atoms with Gasteiger partial charge in [-0.15, -0.1) is 0 Å². The first-order valence-electron chi connectivity index (χ1n) is 16.5. The van der Waals surface area contributed by atoms with E-state index in [1.165, 1.54) is 25.0 Å². The van der Waals surface area contributed by atoms with Crippen molar-refractivity contribution in [2.24, 2.45) is 5.92 Å². The lowest BCUT2D eigenvalue weighted by molar-refractivity contribution is -0.142. The van der Waals surface area contributed by atoms with Gasteiger partial charge in [0.2, 0.25) is 0 Å². The van der Waals surface area contributed by atoms with E-state index in [9.17, 15) is 24.0 Å². The molecule has 0 aliphatic rings. The van der Waals surface area contributed by atoms with Gasteiger partial charge in [-0.2, -0.15) is 0 Å². The molecule has 0 heterocycles. The van der Waals surface area contributed by atoms with E-state index in [0.29, 0.717) is 31.0 Å². The Bertz CT molecular complexity index is 883. The van der Waals surface area contributed by atoms with Crippen LogP contribution in [0.1, 0.15) is 121 Å². The third kappa shape index (κ3) is 73.5. The predicted octanol–water partition coefficient (Wildman–Crippen LogP) is 9.15. The molecule has 0 saturated heterocycles. The molecule has 0 spiro atoms. The van der Waals surface area contributed by atoms with E-state index in [-0.39, 0.29) is 30.0 Å². The van der Waals surface area contributed by atoms with Gasteiger partial charge in [-0.05, 0) is 52.9 Å². The van der Waals surface area contributed by atoms with Crippen LogP contribution < -0.4 is 0 Å². The van der Waals surface area contributed by atoms with Crippen LogP contribution in [-0.2, 0) is 42.9 Å². The fourth-order valence-corrected chi connectivity index (χ4v) is 1.88. The first-order chi connectivity index (χ1) is 22.3. The number of rotatable bonds is 17. The van der Waals surface area contributed by atoms with Crippen molar-refractivity contribution in [2.45, 2.75) is 127 Å². The molecule has 0 aliphatic heterocycles. The Hall–Kier alpha value is -3.95. The van der Waals surface area contributed by atoms with Gasteiger partial charge in [-0.1, -0.05) is 107 Å². The van der Waals surface area contributed by atoms with Crippen molar-refractivity contribution in [1.29, 1.82) is 0 Å². The lowest BCUT2D eigenvalue weighted by Gasteiger charge is -2.05. The highest BCUT2D eigenvalue weighted by Crippen LogP contribution is 1.99. The van der Waals surface area contributed by atoms with Gasteiger partial charge in [0, 0.05) is 29.4 Å². The van der Waals surface area contributed by atoms with Gasteiger partial charge in [-0.3, -0.25) is 0 Å². The maximum absolute atomic E-state index is 10.7. The van der Waals surface area contributed by atoms with Gasteiger partial charge < -0.3 is 24.1 Å². The molecule has 0 bridgehead atoms. The summed E-state index contributed by atoms with van der Waals surface area (Å²) in [6, 6.07) is 0. The Morgan fingerprint density at radius 3 is 1.17 bits per heavy atom. The molecule has 0 amide bonds. The molecule has 0 aromatic heterocycles. The van der Waals surface area contributed by atoms with Gasteiger partial charge in [0.1, 0.15) is 0 Å². The highest BCUT2D eigenvalue weighted by atomic mass is 16.5. The number of hydrogen-bond acceptors (Lipinski definition) is 9. The Balaban J connectivity index is -0.000000113. The standard InChI is InChI=1S/C9H16O2.C8H14O2.2C7H12O2.C4H10.C3H4O2/c1-3-5-6-7-8-11-9(10)4-2;1-4-5-6-10-8(9)7(2)3;1-5(2)7(8)9-6(3)4;1-3-5-6-9-7(8)4-2;1-4(2)3;1-2-3(4)5/h4H,2-3,5-8H2,1H3;2,4-6H2,1,3H3;6H,1H2,2-4H3;4H,2-3,5-6H2,1H3;4H,1-3H3;2H,1H2,(H,4,5). The molecular formula is C38H68O10. The van der Waals surface area contributed by atoms with Gasteiger partial charge in [0.15, 0.2) is 0 Å². The first kappa shape index (κ1) is 56.4. The number of ether oxygens (including phenoxy) is 4. The molecule has 48 heavy (non-hydrogen) atoms. The second-order valence-corrected chi connectivity index (χ2v) is 10.9. The SMILES string of the molecule is C=C(C)C(=O)OC(C)C.C=C(C)C(=O)OCCCC.C=CC(=O)O.C=CC(=O)OCCCC.C=CC(=O)OCCCCCC.CC(C)C. The Labute approximate surface area is 292 Å². The molecule has 0 rings (SSSR count). The quantitative estimate of drug-likeness (QED) is 0.0682. The summed E-state index contributed by atoms with van der Waals surface area (Å²) in [6.45, 7) is 37.6. The highest BCUT2D eigenvalue weighted by molar-refractivity contribution is 5.87. The largest absolute Gasteiger partial charge is 0.478 e. The summed E-state index contributed by atoms with van der Waals surface area (Å²) in [7, 11) is 0. The minimum Gasteiger partial charge on any atom is -0.478 e. The van der Waals surface area contributed by atoms with Gasteiger partial charge >= 0.3 is 29.8 Å². The van der Waals surface area contributed by atoms with Crippen LogP contribution in [-0.4, -0.2) is 60.9 Å². The molecule has 0 radical (unpaired) electrons. The average Bonchev–Trinajstić information content (AvgIpc) is 3.01. The molecule has 10 heteroatoms. The monoisotopic (exact) mass is 684 g/mol. The summed E-state index contributed by atoms with van der Waals surface area (Å²) in [4.78, 5) is 51.4.